The van der Waals surface area contributed by atoms with Gasteiger partial charge in [0.1, 0.15) is 24.4 Å². The van der Waals surface area contributed by atoms with E-state index in [0.29, 0.717) is 59.9 Å². The summed E-state index contributed by atoms with van der Waals surface area (Å²) in [6.45, 7) is 1.45. The van der Waals surface area contributed by atoms with E-state index in [0.717, 1.165) is 5.56 Å². The fraction of sp³-hybridized carbons (Fsp3) is 0.412. The number of carbonyl (C=O) groups is 2. The lowest BCUT2D eigenvalue weighted by Gasteiger charge is -2.34. The number of fused-ring (bicyclic) bond motifs is 1. The van der Waals surface area contributed by atoms with Crippen molar-refractivity contribution in [2.24, 2.45) is 5.92 Å². The molecule has 0 radical (unpaired) electrons. The van der Waals surface area contributed by atoms with Gasteiger partial charge in [-0.05, 0) is 61.7 Å². The molecule has 14 nitrogen and oxygen atoms in total. The van der Waals surface area contributed by atoms with E-state index >= 15 is 0 Å². The van der Waals surface area contributed by atoms with Crippen LogP contribution in [0, 0.1) is 18.7 Å². The number of aliphatic hydroxyl groups is 5. The number of rotatable bonds is 12. The lowest BCUT2D eigenvalue weighted by atomic mass is 9.94. The van der Waals surface area contributed by atoms with Crippen LogP contribution >= 0.6 is 0 Å². The van der Waals surface area contributed by atoms with Crippen molar-refractivity contribution in [2.45, 2.75) is 44.2 Å². The van der Waals surface area contributed by atoms with Gasteiger partial charge in [-0.25, -0.2) is 14.4 Å². The maximum Gasteiger partial charge on any atom is 0.254 e. The second-order valence-electron chi connectivity index (χ2n) is 12.2. The lowest BCUT2D eigenvalue weighted by molar-refractivity contribution is -0.142. The summed E-state index contributed by atoms with van der Waals surface area (Å²) in [6.07, 6.45) is -0.923. The molecule has 0 bridgehead atoms. The number of benzene rings is 2. The molecule has 1 aliphatic heterocycles. The van der Waals surface area contributed by atoms with Crippen molar-refractivity contribution in [3.8, 4) is 17.0 Å². The number of halogens is 1. The van der Waals surface area contributed by atoms with Crippen LogP contribution in [0.15, 0.2) is 55.0 Å². The van der Waals surface area contributed by atoms with Crippen molar-refractivity contribution >= 4 is 29.0 Å². The van der Waals surface area contributed by atoms with Gasteiger partial charge in [-0.15, -0.1) is 0 Å². The number of hydrogen-bond donors (Lipinski definition) is 6. The average molecular weight is 681 g/mol. The Bertz CT molecular complexity index is 1800. The molecule has 4 aromatic rings. The maximum atomic E-state index is 14.4. The summed E-state index contributed by atoms with van der Waals surface area (Å²) in [4.78, 5) is 38.4. The number of imidazole rings is 1. The largest absolute Gasteiger partial charge is 0.494 e. The zero-order valence-corrected chi connectivity index (χ0v) is 27.4. The van der Waals surface area contributed by atoms with E-state index in [-0.39, 0.29) is 24.1 Å². The molecule has 6 N–H and O–H groups in total. The Kier molecular flexibility index (Phi) is 11.1. The normalized spacial score (nSPS) is 16.2. The number of anilines is 2. The zero-order valence-electron chi connectivity index (χ0n) is 27.4. The molecule has 2 aromatic heterocycles. The van der Waals surface area contributed by atoms with Crippen LogP contribution in [0.5, 0.6) is 5.75 Å². The SMILES string of the molecule is COc1ccc(-c2cnc3c(Nc4ccc(C(=O)N5CCC(C(=O)N(C)C[C@H](O)[C@@H](O)[C@H](O)[C@H](O)CO)CC5)c(C)c4)nccn23)cc1F. The number of likely N-dealkylation sites (tertiary alicyclic amines) is 1. The van der Waals surface area contributed by atoms with Gasteiger partial charge in [0.2, 0.25) is 5.91 Å². The highest BCUT2D eigenvalue weighted by atomic mass is 19.1. The first kappa shape index (κ1) is 35.6. The van der Waals surface area contributed by atoms with Crippen LogP contribution in [0.25, 0.3) is 16.9 Å². The molecule has 0 aliphatic carbocycles. The highest BCUT2D eigenvalue weighted by molar-refractivity contribution is 5.96. The van der Waals surface area contributed by atoms with Gasteiger partial charge in [0.05, 0.1) is 25.6 Å². The van der Waals surface area contributed by atoms with E-state index < -0.39 is 42.8 Å². The zero-order chi connectivity index (χ0) is 35.4. The Balaban J connectivity index is 1.19. The van der Waals surface area contributed by atoms with Gasteiger partial charge in [0, 0.05) is 61.8 Å². The molecule has 15 heteroatoms. The molecule has 1 fully saturated rings. The summed E-state index contributed by atoms with van der Waals surface area (Å²) in [5.41, 5.74) is 3.75. The molecule has 2 aromatic carbocycles. The smallest absolute Gasteiger partial charge is 0.254 e. The summed E-state index contributed by atoms with van der Waals surface area (Å²) >= 11 is 0. The first-order chi connectivity index (χ1) is 23.4. The standard InChI is InChI=1S/C34H41FN6O8/c1-19-14-22(38-31-32-37-16-25(41(32)13-10-36-31)21-4-7-28(49-3)24(35)15-21)5-6-23(19)34(48)40-11-8-20(9-12-40)33(47)39(2)17-26(43)29(45)30(46)27(44)18-42/h4-7,10,13-16,20,26-27,29-30,42-46H,8-9,11-12,17-18H2,1-3H3,(H,36,38)/t26-,27+,29+,30+/m0/s1. The van der Waals surface area contributed by atoms with Crippen molar-refractivity contribution in [1.29, 1.82) is 0 Å². The number of piperidine rings is 1. The minimum absolute atomic E-state index is 0.147. The third kappa shape index (κ3) is 7.66. The molecule has 5 rings (SSSR count). The molecular weight excluding hydrogens is 639 g/mol. The number of aryl methyl sites for hydroxylation is 1. The molecule has 0 spiro atoms. The van der Waals surface area contributed by atoms with Crippen LogP contribution in [-0.2, 0) is 4.79 Å². The fourth-order valence-corrected chi connectivity index (χ4v) is 6.02. The average Bonchev–Trinajstić information content (AvgIpc) is 3.55. The quantitative estimate of drug-likeness (QED) is 0.127. The van der Waals surface area contributed by atoms with Crippen LogP contribution < -0.4 is 10.1 Å². The van der Waals surface area contributed by atoms with Gasteiger partial charge < -0.3 is 45.4 Å². The maximum absolute atomic E-state index is 14.4. The summed E-state index contributed by atoms with van der Waals surface area (Å²) in [7, 11) is 2.87. The van der Waals surface area contributed by atoms with Crippen molar-refractivity contribution in [3.05, 3.63) is 71.9 Å². The van der Waals surface area contributed by atoms with Crippen LogP contribution in [0.4, 0.5) is 15.9 Å². The number of nitrogens with zero attached hydrogens (tertiary/aromatic N) is 5. The fourth-order valence-electron chi connectivity index (χ4n) is 6.02. The Labute approximate surface area is 282 Å². The number of carbonyl (C=O) groups excluding carboxylic acids is 2. The summed E-state index contributed by atoms with van der Waals surface area (Å²) in [6, 6.07) is 10.0. The van der Waals surface area contributed by atoms with Gasteiger partial charge in [-0.3, -0.25) is 14.0 Å². The Morgan fingerprint density at radius 3 is 2.43 bits per heavy atom. The second kappa shape index (κ2) is 15.3. The molecule has 1 aliphatic rings. The predicted octanol–water partition coefficient (Wildman–Crippen LogP) is 1.34. The summed E-state index contributed by atoms with van der Waals surface area (Å²) in [5, 5.41) is 51.9. The Hall–Kier alpha value is -4.67. The molecular formula is C34H41FN6O8. The van der Waals surface area contributed by atoms with Crippen LogP contribution in [-0.4, -0.2) is 126 Å². The molecule has 4 atom stereocenters. The van der Waals surface area contributed by atoms with Crippen molar-refractivity contribution < 1.29 is 44.2 Å². The lowest BCUT2D eigenvalue weighted by Crippen LogP contribution is -2.51. The van der Waals surface area contributed by atoms with E-state index in [2.05, 4.69) is 15.3 Å². The van der Waals surface area contributed by atoms with Crippen LogP contribution in [0.1, 0.15) is 28.8 Å². The van der Waals surface area contributed by atoms with Gasteiger partial charge in [-0.2, -0.15) is 0 Å². The second-order valence-corrected chi connectivity index (χ2v) is 12.2. The van der Waals surface area contributed by atoms with E-state index in [4.69, 9.17) is 9.84 Å². The number of hydrogen-bond acceptors (Lipinski definition) is 11. The molecule has 0 saturated carbocycles. The number of nitrogens with one attached hydrogen (secondary N) is 1. The van der Waals surface area contributed by atoms with E-state index in [9.17, 15) is 34.4 Å². The van der Waals surface area contributed by atoms with Crippen molar-refractivity contribution in [1.82, 2.24) is 24.2 Å². The molecule has 2 amide bonds. The number of aromatic nitrogens is 3. The number of methoxy groups -OCH3 is 1. The molecule has 1 saturated heterocycles. The van der Waals surface area contributed by atoms with Gasteiger partial charge in [0.25, 0.3) is 5.91 Å². The van der Waals surface area contributed by atoms with E-state index in [1.165, 1.54) is 25.1 Å². The predicted molar refractivity (Wildman–Crippen MR) is 177 cm³/mol. The minimum Gasteiger partial charge on any atom is -0.494 e. The van der Waals surface area contributed by atoms with Crippen molar-refractivity contribution in [3.63, 3.8) is 0 Å². The van der Waals surface area contributed by atoms with Crippen LogP contribution in [0.3, 0.4) is 0 Å². The molecule has 262 valence electrons. The van der Waals surface area contributed by atoms with E-state index in [1.807, 2.05) is 13.0 Å². The molecule has 3 heterocycles. The number of ether oxygens (including phenoxy) is 1. The molecule has 49 heavy (non-hydrogen) atoms. The van der Waals surface area contributed by atoms with Crippen LogP contribution in [0.2, 0.25) is 0 Å². The monoisotopic (exact) mass is 680 g/mol. The topological polar surface area (TPSA) is 193 Å². The number of amides is 2. The highest BCUT2D eigenvalue weighted by Crippen LogP contribution is 2.29. The first-order valence-corrected chi connectivity index (χ1v) is 15.8. The Morgan fingerprint density at radius 2 is 1.78 bits per heavy atom. The first-order valence-electron chi connectivity index (χ1n) is 15.8. The number of aliphatic hydroxyl groups excluding tert-OH is 5. The molecule has 0 unspecified atom stereocenters. The van der Waals surface area contributed by atoms with Gasteiger partial charge in [-0.1, -0.05) is 0 Å². The highest BCUT2D eigenvalue weighted by Gasteiger charge is 2.34. The summed E-state index contributed by atoms with van der Waals surface area (Å²) < 4.78 is 21.2. The summed E-state index contributed by atoms with van der Waals surface area (Å²) in [5.74, 6) is -0.703. The third-order valence-electron chi connectivity index (χ3n) is 8.89. The number of likely N-dealkylation sites (N-methyl/N-ethyl adjacent to an activating group) is 1. The third-order valence-corrected chi connectivity index (χ3v) is 8.89. The van der Waals surface area contributed by atoms with Crippen molar-refractivity contribution in [2.75, 3.05) is 45.7 Å². The van der Waals surface area contributed by atoms with Gasteiger partial charge in [0.15, 0.2) is 23.0 Å². The van der Waals surface area contributed by atoms with E-state index in [1.54, 1.807) is 52.2 Å². The minimum atomic E-state index is -1.78. The Morgan fingerprint density at radius 1 is 1.06 bits per heavy atom. The van der Waals surface area contributed by atoms with Gasteiger partial charge >= 0.3 is 0 Å².